The zero-order chi connectivity index (χ0) is 10.4. The third-order valence-electron chi connectivity index (χ3n) is 2.41. The van der Waals surface area contributed by atoms with Crippen LogP contribution in [0.5, 0.6) is 0 Å². The van der Waals surface area contributed by atoms with Crippen molar-refractivity contribution in [2.75, 3.05) is 46.3 Å². The highest BCUT2D eigenvalue weighted by atomic mass is 16.1. The molecule has 0 aromatic rings. The van der Waals surface area contributed by atoms with Gasteiger partial charge < -0.3 is 4.90 Å². The Bertz CT molecular complexity index is 238. The fourth-order valence-corrected chi connectivity index (χ4v) is 1.52. The van der Waals surface area contributed by atoms with E-state index in [1.54, 1.807) is 0 Å². The average molecular weight is 195 g/mol. The summed E-state index contributed by atoms with van der Waals surface area (Å²) < 4.78 is 0. The smallest absolute Gasteiger partial charge is 0.235 e. The summed E-state index contributed by atoms with van der Waals surface area (Å²) in [6, 6.07) is 0. The molecule has 1 aliphatic rings. The number of aliphatic imine (C=N–C) groups is 1. The number of isocyanates is 1. The standard InChI is InChI=1S/C10H17N3O/c1-10(7-11-9-14)8-13-5-3-12(2)4-6-13/h1,3-8H2,2H3. The molecule has 4 nitrogen and oxygen atoms in total. The van der Waals surface area contributed by atoms with Gasteiger partial charge in [0.1, 0.15) is 0 Å². The van der Waals surface area contributed by atoms with Crippen molar-refractivity contribution in [2.24, 2.45) is 4.99 Å². The van der Waals surface area contributed by atoms with E-state index >= 15 is 0 Å². The van der Waals surface area contributed by atoms with Crippen LogP contribution in [-0.2, 0) is 4.79 Å². The summed E-state index contributed by atoms with van der Waals surface area (Å²) in [6.07, 6.45) is 1.53. The number of nitrogens with zero attached hydrogens (tertiary/aromatic N) is 3. The van der Waals surface area contributed by atoms with Gasteiger partial charge in [0.2, 0.25) is 6.08 Å². The molecule has 1 aliphatic heterocycles. The molecule has 78 valence electrons. The van der Waals surface area contributed by atoms with E-state index in [1.807, 2.05) is 0 Å². The van der Waals surface area contributed by atoms with E-state index in [4.69, 9.17) is 0 Å². The maximum atomic E-state index is 9.89. The lowest BCUT2D eigenvalue weighted by molar-refractivity contribution is 0.164. The molecule has 14 heavy (non-hydrogen) atoms. The fraction of sp³-hybridized carbons (Fsp3) is 0.700. The molecule has 0 amide bonds. The highest BCUT2D eigenvalue weighted by Crippen LogP contribution is 2.02. The number of carbonyl (C=O) groups excluding carboxylic acids is 1. The molecule has 1 saturated heterocycles. The Hall–Kier alpha value is -0.960. The van der Waals surface area contributed by atoms with E-state index in [1.165, 1.54) is 6.08 Å². The van der Waals surface area contributed by atoms with Gasteiger partial charge in [-0.15, -0.1) is 0 Å². The summed E-state index contributed by atoms with van der Waals surface area (Å²) >= 11 is 0. The molecule has 0 atom stereocenters. The summed E-state index contributed by atoms with van der Waals surface area (Å²) in [4.78, 5) is 18.0. The second-order valence-electron chi connectivity index (χ2n) is 3.74. The van der Waals surface area contributed by atoms with E-state index in [-0.39, 0.29) is 0 Å². The highest BCUT2D eigenvalue weighted by Gasteiger charge is 2.13. The number of hydrogen-bond donors (Lipinski definition) is 0. The van der Waals surface area contributed by atoms with Gasteiger partial charge in [-0.05, 0) is 12.6 Å². The number of hydrogen-bond acceptors (Lipinski definition) is 4. The van der Waals surface area contributed by atoms with E-state index in [0.29, 0.717) is 6.54 Å². The predicted octanol–water partition coefficient (Wildman–Crippen LogP) is 0.126. The van der Waals surface area contributed by atoms with Crippen LogP contribution in [0.25, 0.3) is 0 Å². The molecule has 0 saturated carbocycles. The second-order valence-corrected chi connectivity index (χ2v) is 3.74. The lowest BCUT2D eigenvalue weighted by Crippen LogP contribution is -2.45. The lowest BCUT2D eigenvalue weighted by Gasteiger charge is -2.32. The van der Waals surface area contributed by atoms with Crippen molar-refractivity contribution in [2.45, 2.75) is 0 Å². The average Bonchev–Trinajstić information content (AvgIpc) is 2.18. The van der Waals surface area contributed by atoms with Gasteiger partial charge in [-0.1, -0.05) is 6.58 Å². The minimum absolute atomic E-state index is 0.413. The van der Waals surface area contributed by atoms with Crippen molar-refractivity contribution in [3.05, 3.63) is 12.2 Å². The molecule has 0 N–H and O–H groups in total. The van der Waals surface area contributed by atoms with Crippen molar-refractivity contribution in [1.82, 2.24) is 9.80 Å². The molecular weight excluding hydrogens is 178 g/mol. The fourth-order valence-electron chi connectivity index (χ4n) is 1.52. The zero-order valence-electron chi connectivity index (χ0n) is 8.70. The van der Waals surface area contributed by atoms with Crippen LogP contribution in [0, 0.1) is 0 Å². The van der Waals surface area contributed by atoms with Crippen molar-refractivity contribution < 1.29 is 4.79 Å². The molecule has 0 aromatic heterocycles. The molecule has 1 fully saturated rings. The Morgan fingerprint density at radius 1 is 1.43 bits per heavy atom. The topological polar surface area (TPSA) is 35.9 Å². The van der Waals surface area contributed by atoms with Crippen LogP contribution in [0.4, 0.5) is 0 Å². The van der Waals surface area contributed by atoms with Gasteiger partial charge >= 0.3 is 0 Å². The van der Waals surface area contributed by atoms with Crippen LogP contribution in [0.3, 0.4) is 0 Å². The summed E-state index contributed by atoms with van der Waals surface area (Å²) in [5.74, 6) is 0. The van der Waals surface area contributed by atoms with Crippen molar-refractivity contribution in [1.29, 1.82) is 0 Å². The Morgan fingerprint density at radius 3 is 2.64 bits per heavy atom. The summed E-state index contributed by atoms with van der Waals surface area (Å²) in [7, 11) is 2.13. The third-order valence-corrected chi connectivity index (χ3v) is 2.41. The number of rotatable bonds is 4. The maximum Gasteiger partial charge on any atom is 0.235 e. The van der Waals surface area contributed by atoms with Crippen LogP contribution >= 0.6 is 0 Å². The highest BCUT2D eigenvalue weighted by molar-refractivity contribution is 5.33. The molecular formula is C10H17N3O. The molecule has 1 rings (SSSR count). The normalized spacial score (nSPS) is 18.9. The first kappa shape index (κ1) is 11.1. The molecule has 0 unspecified atom stereocenters. The third kappa shape index (κ3) is 3.83. The van der Waals surface area contributed by atoms with Crippen LogP contribution in [0.1, 0.15) is 0 Å². The first-order valence-electron chi connectivity index (χ1n) is 4.83. The minimum atomic E-state index is 0.413. The number of piperazine rings is 1. The quantitative estimate of drug-likeness (QED) is 0.363. The first-order chi connectivity index (χ1) is 6.72. The van der Waals surface area contributed by atoms with Crippen LogP contribution in [0.2, 0.25) is 0 Å². The van der Waals surface area contributed by atoms with Gasteiger partial charge in [0.05, 0.1) is 6.54 Å². The first-order valence-corrected chi connectivity index (χ1v) is 4.83. The molecule has 0 aliphatic carbocycles. The van der Waals surface area contributed by atoms with Gasteiger partial charge in [0.15, 0.2) is 0 Å². The van der Waals surface area contributed by atoms with Crippen LogP contribution < -0.4 is 0 Å². The number of likely N-dealkylation sites (N-methyl/N-ethyl adjacent to an activating group) is 1. The van der Waals surface area contributed by atoms with Gasteiger partial charge in [-0.3, -0.25) is 4.90 Å². The van der Waals surface area contributed by atoms with Crippen molar-refractivity contribution >= 4 is 6.08 Å². The van der Waals surface area contributed by atoms with E-state index in [0.717, 1.165) is 38.3 Å². The van der Waals surface area contributed by atoms with Crippen molar-refractivity contribution in [3.63, 3.8) is 0 Å². The summed E-state index contributed by atoms with van der Waals surface area (Å²) in [6.45, 7) is 9.48. The van der Waals surface area contributed by atoms with E-state index < -0.39 is 0 Å². The Balaban J connectivity index is 2.23. The molecule has 1 heterocycles. The SMILES string of the molecule is C=C(CN=C=O)CN1CCN(C)CC1. The van der Waals surface area contributed by atoms with E-state index in [9.17, 15) is 4.79 Å². The van der Waals surface area contributed by atoms with Crippen LogP contribution in [-0.4, -0.2) is 62.2 Å². The van der Waals surface area contributed by atoms with Gasteiger partial charge in [-0.2, -0.15) is 0 Å². The van der Waals surface area contributed by atoms with Crippen molar-refractivity contribution in [3.8, 4) is 0 Å². The second kappa shape index (κ2) is 5.70. The molecule has 0 aromatic carbocycles. The molecule has 0 bridgehead atoms. The molecule has 0 radical (unpaired) electrons. The minimum Gasteiger partial charge on any atom is -0.304 e. The molecule has 4 heteroatoms. The predicted molar refractivity (Wildman–Crippen MR) is 56.1 cm³/mol. The summed E-state index contributed by atoms with van der Waals surface area (Å²) in [5.41, 5.74) is 0.984. The maximum absolute atomic E-state index is 9.89. The Morgan fingerprint density at radius 2 is 2.07 bits per heavy atom. The largest absolute Gasteiger partial charge is 0.304 e. The monoisotopic (exact) mass is 195 g/mol. The van der Waals surface area contributed by atoms with Gasteiger partial charge in [0, 0.05) is 32.7 Å². The van der Waals surface area contributed by atoms with Gasteiger partial charge in [-0.25, -0.2) is 9.79 Å². The lowest BCUT2D eigenvalue weighted by atomic mass is 10.2. The summed E-state index contributed by atoms with van der Waals surface area (Å²) in [5, 5.41) is 0. The van der Waals surface area contributed by atoms with Gasteiger partial charge in [0.25, 0.3) is 0 Å². The Kier molecular flexibility index (Phi) is 4.53. The molecule has 0 spiro atoms. The van der Waals surface area contributed by atoms with E-state index in [2.05, 4.69) is 28.4 Å². The Labute approximate surface area is 84.9 Å². The zero-order valence-corrected chi connectivity index (χ0v) is 8.70. The van der Waals surface area contributed by atoms with Crippen LogP contribution in [0.15, 0.2) is 17.1 Å².